The molecule has 0 unspecified atom stereocenters. The number of carbonyl (C=O) groups is 1. The van der Waals surface area contributed by atoms with E-state index in [0.717, 1.165) is 0 Å². The van der Waals surface area contributed by atoms with Crippen LogP contribution in [-0.2, 0) is 18.9 Å². The van der Waals surface area contributed by atoms with Gasteiger partial charge in [0.15, 0.2) is 0 Å². The lowest BCUT2D eigenvalue weighted by Gasteiger charge is -2.06. The summed E-state index contributed by atoms with van der Waals surface area (Å²) in [7, 11) is 3.08. The summed E-state index contributed by atoms with van der Waals surface area (Å²) in [6.07, 6.45) is 0.0461. The number of fused-ring (bicyclic) bond motifs is 1. The molecule has 1 aromatic carbocycles. The van der Waals surface area contributed by atoms with Crippen molar-refractivity contribution in [3.63, 3.8) is 0 Å². The van der Waals surface area contributed by atoms with Crippen LogP contribution in [0.3, 0.4) is 0 Å². The Morgan fingerprint density at radius 1 is 1.33 bits per heavy atom. The summed E-state index contributed by atoms with van der Waals surface area (Å²) in [5, 5.41) is 13.6. The third kappa shape index (κ3) is 2.62. The molecule has 0 bridgehead atoms. The molecule has 8 nitrogen and oxygen atoms in total. The van der Waals surface area contributed by atoms with Crippen molar-refractivity contribution in [1.82, 2.24) is 9.13 Å². The molecule has 0 spiro atoms. The lowest BCUT2D eigenvalue weighted by atomic mass is 10.2. The molecule has 0 saturated carbocycles. The maximum atomic E-state index is 11.9. The number of carbonyl (C=O) groups excluding carboxylic acids is 1. The number of nitro benzene ring substituents is 1. The van der Waals surface area contributed by atoms with Gasteiger partial charge in [0.25, 0.3) is 5.69 Å². The van der Waals surface area contributed by atoms with Crippen LogP contribution >= 0.6 is 11.6 Å². The fourth-order valence-electron chi connectivity index (χ4n) is 2.08. The van der Waals surface area contributed by atoms with E-state index in [4.69, 9.17) is 11.6 Å². The van der Waals surface area contributed by atoms with Crippen molar-refractivity contribution in [2.75, 3.05) is 11.2 Å². The number of alkyl halides is 1. The molecule has 0 aliphatic heterocycles. The number of amides is 1. The molecule has 0 radical (unpaired) electrons. The first-order chi connectivity index (χ1) is 9.86. The number of imidazole rings is 1. The summed E-state index contributed by atoms with van der Waals surface area (Å²) < 4.78 is 2.67. The van der Waals surface area contributed by atoms with Gasteiger partial charge in [0.2, 0.25) is 5.91 Å². The molecule has 2 rings (SSSR count). The third-order valence-corrected chi connectivity index (χ3v) is 3.37. The van der Waals surface area contributed by atoms with Gasteiger partial charge in [-0.05, 0) is 6.07 Å². The highest BCUT2D eigenvalue weighted by atomic mass is 35.5. The van der Waals surface area contributed by atoms with E-state index in [0.29, 0.717) is 11.0 Å². The Hall–Kier alpha value is -2.35. The molecule has 1 heterocycles. The van der Waals surface area contributed by atoms with Gasteiger partial charge in [-0.1, -0.05) is 0 Å². The second-order valence-corrected chi connectivity index (χ2v) is 4.88. The van der Waals surface area contributed by atoms with Crippen molar-refractivity contribution in [3.05, 3.63) is 32.7 Å². The number of aryl methyl sites for hydroxylation is 2. The Morgan fingerprint density at radius 2 is 1.90 bits per heavy atom. The molecule has 1 N–H and O–H groups in total. The monoisotopic (exact) mass is 312 g/mol. The molecule has 1 aromatic heterocycles. The van der Waals surface area contributed by atoms with E-state index in [-0.39, 0.29) is 29.4 Å². The van der Waals surface area contributed by atoms with Gasteiger partial charge in [-0.25, -0.2) is 4.79 Å². The van der Waals surface area contributed by atoms with Crippen LogP contribution in [0.1, 0.15) is 6.42 Å². The largest absolute Gasteiger partial charge is 0.328 e. The number of nitrogens with zero attached hydrogens (tertiary/aromatic N) is 3. The summed E-state index contributed by atoms with van der Waals surface area (Å²) >= 11 is 5.47. The first-order valence-electron chi connectivity index (χ1n) is 6.06. The van der Waals surface area contributed by atoms with E-state index >= 15 is 0 Å². The van der Waals surface area contributed by atoms with E-state index in [1.54, 1.807) is 7.05 Å². The van der Waals surface area contributed by atoms with Crippen LogP contribution in [0.5, 0.6) is 0 Å². The summed E-state index contributed by atoms with van der Waals surface area (Å²) in [4.78, 5) is 34.0. The number of benzene rings is 1. The summed E-state index contributed by atoms with van der Waals surface area (Å²) in [5.74, 6) is -0.306. The van der Waals surface area contributed by atoms with Gasteiger partial charge in [-0.3, -0.25) is 24.0 Å². The Bertz CT molecular complexity index is 793. The van der Waals surface area contributed by atoms with Crippen LogP contribution in [0.15, 0.2) is 16.9 Å². The molecular formula is C12H13ClN4O4. The second kappa shape index (κ2) is 5.57. The number of anilines is 1. The van der Waals surface area contributed by atoms with Gasteiger partial charge in [0.05, 0.1) is 16.0 Å². The first kappa shape index (κ1) is 15.0. The first-order valence-corrected chi connectivity index (χ1v) is 6.60. The number of nitrogens with one attached hydrogen (secondary N) is 1. The van der Waals surface area contributed by atoms with Crippen molar-refractivity contribution < 1.29 is 9.72 Å². The fraction of sp³-hybridized carbons (Fsp3) is 0.333. The second-order valence-electron chi connectivity index (χ2n) is 4.50. The topological polar surface area (TPSA) is 99.2 Å². The average Bonchev–Trinajstić information content (AvgIpc) is 2.63. The molecular weight excluding hydrogens is 300 g/mol. The molecule has 1 amide bonds. The maximum absolute atomic E-state index is 11.9. The number of hydrogen-bond donors (Lipinski definition) is 1. The minimum absolute atomic E-state index is 0.0452. The smallest absolute Gasteiger partial charge is 0.320 e. The quantitative estimate of drug-likeness (QED) is 0.523. The molecule has 0 saturated heterocycles. The van der Waals surface area contributed by atoms with E-state index in [1.165, 1.54) is 28.3 Å². The highest BCUT2D eigenvalue weighted by molar-refractivity contribution is 6.19. The SMILES string of the molecule is Cn1c(=O)n(C)c2cc([N+](=O)[O-])c(NC(=O)CCCl)cc21. The predicted molar refractivity (Wildman–Crippen MR) is 78.8 cm³/mol. The van der Waals surface area contributed by atoms with Gasteiger partial charge in [-0.15, -0.1) is 11.6 Å². The Balaban J connectivity index is 2.65. The zero-order valence-electron chi connectivity index (χ0n) is 11.4. The molecule has 0 fully saturated rings. The molecule has 0 atom stereocenters. The van der Waals surface area contributed by atoms with Crippen LogP contribution in [-0.4, -0.2) is 25.8 Å². The highest BCUT2D eigenvalue weighted by Gasteiger charge is 2.20. The molecule has 112 valence electrons. The molecule has 2 aromatic rings. The summed E-state index contributed by atoms with van der Waals surface area (Å²) in [6.45, 7) is 0. The van der Waals surface area contributed by atoms with Gasteiger partial charge < -0.3 is 5.32 Å². The average molecular weight is 313 g/mol. The minimum atomic E-state index is -0.604. The standard InChI is InChI=1S/C12H13ClN4O4/c1-15-9-5-7(14-11(18)3-4-13)8(17(20)21)6-10(9)16(2)12(15)19/h5-6H,3-4H2,1-2H3,(H,14,18). The van der Waals surface area contributed by atoms with Gasteiger partial charge in [0.1, 0.15) is 5.69 Å². The summed E-state index contributed by atoms with van der Waals surface area (Å²) in [6, 6.07) is 2.69. The van der Waals surface area contributed by atoms with Gasteiger partial charge in [-0.2, -0.15) is 0 Å². The van der Waals surface area contributed by atoms with Crippen LogP contribution < -0.4 is 11.0 Å². The number of nitro groups is 1. The minimum Gasteiger partial charge on any atom is -0.320 e. The van der Waals surface area contributed by atoms with Gasteiger partial charge >= 0.3 is 5.69 Å². The van der Waals surface area contributed by atoms with E-state index < -0.39 is 10.8 Å². The Kier molecular flexibility index (Phi) is 3.99. The van der Waals surface area contributed by atoms with Crippen molar-refractivity contribution in [3.8, 4) is 0 Å². The van der Waals surface area contributed by atoms with Crippen LogP contribution in [0.4, 0.5) is 11.4 Å². The van der Waals surface area contributed by atoms with Gasteiger partial charge in [0, 0.05) is 32.5 Å². The number of aromatic nitrogens is 2. The van der Waals surface area contributed by atoms with Crippen molar-refractivity contribution >= 4 is 39.9 Å². The Labute approximate surface area is 124 Å². The predicted octanol–water partition coefficient (Wildman–Crippen LogP) is 1.35. The Morgan fingerprint density at radius 3 is 2.43 bits per heavy atom. The van der Waals surface area contributed by atoms with Crippen LogP contribution in [0.2, 0.25) is 0 Å². The molecule has 0 aliphatic carbocycles. The van der Waals surface area contributed by atoms with Crippen LogP contribution in [0.25, 0.3) is 11.0 Å². The lowest BCUT2D eigenvalue weighted by Crippen LogP contribution is -2.19. The highest BCUT2D eigenvalue weighted by Crippen LogP contribution is 2.29. The maximum Gasteiger partial charge on any atom is 0.328 e. The van der Waals surface area contributed by atoms with E-state index in [9.17, 15) is 19.7 Å². The lowest BCUT2D eigenvalue weighted by molar-refractivity contribution is -0.383. The molecule has 0 aliphatic rings. The zero-order chi connectivity index (χ0) is 15.7. The van der Waals surface area contributed by atoms with E-state index in [1.807, 2.05) is 0 Å². The van der Waals surface area contributed by atoms with Crippen LogP contribution in [0, 0.1) is 10.1 Å². The van der Waals surface area contributed by atoms with E-state index in [2.05, 4.69) is 5.32 Å². The summed E-state index contributed by atoms with van der Waals surface area (Å²) in [5.41, 5.74) is 0.387. The van der Waals surface area contributed by atoms with Crippen molar-refractivity contribution in [1.29, 1.82) is 0 Å². The normalized spacial score (nSPS) is 10.8. The number of halogens is 1. The number of hydrogen-bond acceptors (Lipinski definition) is 4. The third-order valence-electron chi connectivity index (χ3n) is 3.18. The fourth-order valence-corrected chi connectivity index (χ4v) is 2.26. The molecule has 9 heteroatoms. The van der Waals surface area contributed by atoms with Crippen molar-refractivity contribution in [2.24, 2.45) is 14.1 Å². The number of rotatable bonds is 4. The zero-order valence-corrected chi connectivity index (χ0v) is 12.2. The van der Waals surface area contributed by atoms with Crippen molar-refractivity contribution in [2.45, 2.75) is 6.42 Å². The molecule has 21 heavy (non-hydrogen) atoms.